The molecule has 0 aliphatic carbocycles. The molecule has 0 aliphatic rings. The summed E-state index contributed by atoms with van der Waals surface area (Å²) in [5.41, 5.74) is 1.45. The van der Waals surface area contributed by atoms with E-state index in [2.05, 4.69) is 24.5 Å². The molecule has 31 heavy (non-hydrogen) atoms. The van der Waals surface area contributed by atoms with E-state index in [4.69, 9.17) is 9.47 Å². The molecule has 0 bridgehead atoms. The van der Waals surface area contributed by atoms with E-state index in [-0.39, 0.29) is 17.9 Å². The van der Waals surface area contributed by atoms with Crippen molar-refractivity contribution in [2.45, 2.75) is 47.6 Å². The van der Waals surface area contributed by atoms with Crippen molar-refractivity contribution >= 4 is 17.5 Å². The summed E-state index contributed by atoms with van der Waals surface area (Å²) in [6.07, 6.45) is 0. The standard InChI is InChI=1S/C25H34N2O4/c1-16(2)15-31-21-12-11-18(14-22(21)30-7)17(3)26-23(28)19-9-8-10-20(13-19)27-24(29)25(4,5)6/h8-14,16-17H,15H2,1-7H3,(H,26,28)(H,27,29). The fraction of sp³-hybridized carbons (Fsp3) is 0.440. The van der Waals surface area contributed by atoms with E-state index in [1.807, 2.05) is 45.9 Å². The van der Waals surface area contributed by atoms with Gasteiger partial charge in [-0.25, -0.2) is 0 Å². The van der Waals surface area contributed by atoms with Crippen LogP contribution in [-0.4, -0.2) is 25.5 Å². The van der Waals surface area contributed by atoms with Gasteiger partial charge in [-0.05, 0) is 48.7 Å². The van der Waals surface area contributed by atoms with Crippen molar-refractivity contribution in [2.75, 3.05) is 19.0 Å². The number of carbonyl (C=O) groups excluding carboxylic acids is 2. The molecule has 2 aromatic rings. The van der Waals surface area contributed by atoms with Gasteiger partial charge in [0.25, 0.3) is 5.91 Å². The molecule has 1 unspecified atom stereocenters. The molecule has 0 fully saturated rings. The Balaban J connectivity index is 2.10. The molecule has 2 N–H and O–H groups in total. The highest BCUT2D eigenvalue weighted by Gasteiger charge is 2.21. The summed E-state index contributed by atoms with van der Waals surface area (Å²) in [4.78, 5) is 25.0. The second kappa shape index (κ2) is 10.3. The average molecular weight is 427 g/mol. The second-order valence-electron chi connectivity index (χ2n) is 9.10. The molecule has 0 saturated heterocycles. The van der Waals surface area contributed by atoms with Crippen molar-refractivity contribution in [1.29, 1.82) is 0 Å². The minimum atomic E-state index is -0.517. The Hall–Kier alpha value is -3.02. The highest BCUT2D eigenvalue weighted by molar-refractivity contribution is 5.98. The number of hydrogen-bond acceptors (Lipinski definition) is 4. The third-order valence-corrected chi connectivity index (χ3v) is 4.67. The van der Waals surface area contributed by atoms with Gasteiger partial charge in [0.1, 0.15) is 0 Å². The van der Waals surface area contributed by atoms with E-state index in [0.717, 1.165) is 5.56 Å². The summed E-state index contributed by atoms with van der Waals surface area (Å²) in [5.74, 6) is 1.39. The molecule has 0 aliphatic heterocycles. The van der Waals surface area contributed by atoms with Crippen LogP contribution in [0.5, 0.6) is 11.5 Å². The van der Waals surface area contributed by atoms with Crippen LogP contribution in [0.15, 0.2) is 42.5 Å². The molecule has 0 heterocycles. The first-order valence-corrected chi connectivity index (χ1v) is 10.5. The van der Waals surface area contributed by atoms with Gasteiger partial charge in [-0.3, -0.25) is 9.59 Å². The molecule has 2 amide bonds. The average Bonchev–Trinajstić information content (AvgIpc) is 2.71. The molecule has 168 valence electrons. The number of rotatable bonds is 8. The fourth-order valence-corrected chi connectivity index (χ4v) is 2.75. The van der Waals surface area contributed by atoms with Crippen molar-refractivity contribution < 1.29 is 19.1 Å². The summed E-state index contributed by atoms with van der Waals surface area (Å²) >= 11 is 0. The van der Waals surface area contributed by atoms with E-state index < -0.39 is 5.41 Å². The van der Waals surface area contributed by atoms with Crippen LogP contribution < -0.4 is 20.1 Å². The highest BCUT2D eigenvalue weighted by Crippen LogP contribution is 2.31. The highest BCUT2D eigenvalue weighted by atomic mass is 16.5. The number of benzene rings is 2. The monoisotopic (exact) mass is 426 g/mol. The maximum absolute atomic E-state index is 12.8. The maximum atomic E-state index is 12.8. The summed E-state index contributed by atoms with van der Waals surface area (Å²) < 4.78 is 11.3. The van der Waals surface area contributed by atoms with Crippen LogP contribution in [-0.2, 0) is 4.79 Å². The Bertz CT molecular complexity index is 916. The Labute approximate surface area is 185 Å². The van der Waals surface area contributed by atoms with Crippen LogP contribution in [0.2, 0.25) is 0 Å². The first-order chi connectivity index (χ1) is 14.5. The molecule has 0 aromatic heterocycles. The first-order valence-electron chi connectivity index (χ1n) is 10.5. The van der Waals surface area contributed by atoms with E-state index in [9.17, 15) is 9.59 Å². The number of amides is 2. The zero-order valence-corrected chi connectivity index (χ0v) is 19.5. The number of ether oxygens (including phenoxy) is 2. The lowest BCUT2D eigenvalue weighted by atomic mass is 9.95. The topological polar surface area (TPSA) is 76.7 Å². The van der Waals surface area contributed by atoms with Gasteiger partial charge < -0.3 is 20.1 Å². The van der Waals surface area contributed by atoms with Crippen LogP contribution in [0.25, 0.3) is 0 Å². The summed E-state index contributed by atoms with van der Waals surface area (Å²) in [7, 11) is 1.60. The molecular weight excluding hydrogens is 392 g/mol. The van der Waals surface area contributed by atoms with Gasteiger partial charge in [0.15, 0.2) is 11.5 Å². The molecular formula is C25H34N2O4. The molecule has 0 spiro atoms. The lowest BCUT2D eigenvalue weighted by Gasteiger charge is -2.19. The van der Waals surface area contributed by atoms with Crippen molar-refractivity contribution in [3.05, 3.63) is 53.6 Å². The Morgan fingerprint density at radius 2 is 1.71 bits per heavy atom. The van der Waals surface area contributed by atoms with Crippen LogP contribution in [0.1, 0.15) is 63.5 Å². The minimum Gasteiger partial charge on any atom is -0.493 e. The lowest BCUT2D eigenvalue weighted by molar-refractivity contribution is -0.123. The quantitative estimate of drug-likeness (QED) is 0.608. The molecule has 6 nitrogen and oxygen atoms in total. The second-order valence-corrected chi connectivity index (χ2v) is 9.10. The van der Waals surface area contributed by atoms with Crippen molar-refractivity contribution in [3.8, 4) is 11.5 Å². The van der Waals surface area contributed by atoms with Gasteiger partial charge >= 0.3 is 0 Å². The number of anilines is 1. The Kier molecular flexibility index (Phi) is 8.08. The molecule has 0 saturated carbocycles. The fourth-order valence-electron chi connectivity index (χ4n) is 2.75. The number of nitrogens with one attached hydrogen (secondary N) is 2. The largest absolute Gasteiger partial charge is 0.493 e. The third kappa shape index (κ3) is 7.02. The van der Waals surface area contributed by atoms with E-state index in [1.165, 1.54) is 0 Å². The predicted octanol–water partition coefficient (Wildman–Crippen LogP) is 5.21. The summed E-state index contributed by atoms with van der Waals surface area (Å²) in [5, 5.41) is 5.85. The van der Waals surface area contributed by atoms with Crippen LogP contribution in [0.4, 0.5) is 5.69 Å². The van der Waals surface area contributed by atoms with Crippen molar-refractivity contribution in [2.24, 2.45) is 11.3 Å². The van der Waals surface area contributed by atoms with E-state index in [1.54, 1.807) is 31.4 Å². The van der Waals surface area contributed by atoms with Crippen LogP contribution in [0.3, 0.4) is 0 Å². The number of methoxy groups -OCH3 is 1. The van der Waals surface area contributed by atoms with Gasteiger partial charge in [-0.15, -0.1) is 0 Å². The minimum absolute atomic E-state index is 0.106. The zero-order chi connectivity index (χ0) is 23.2. The van der Waals surface area contributed by atoms with Crippen LogP contribution >= 0.6 is 0 Å². The molecule has 0 radical (unpaired) electrons. The van der Waals surface area contributed by atoms with Gasteiger partial charge in [0, 0.05) is 16.7 Å². The molecule has 2 aromatic carbocycles. The maximum Gasteiger partial charge on any atom is 0.251 e. The molecule has 1 atom stereocenters. The normalized spacial score (nSPS) is 12.3. The molecule has 6 heteroatoms. The van der Waals surface area contributed by atoms with Crippen LogP contribution in [0, 0.1) is 11.3 Å². The molecule has 2 rings (SSSR count). The van der Waals surface area contributed by atoms with Gasteiger partial charge in [0.2, 0.25) is 5.91 Å². The lowest BCUT2D eigenvalue weighted by Crippen LogP contribution is -2.28. The smallest absolute Gasteiger partial charge is 0.251 e. The van der Waals surface area contributed by atoms with Crippen molar-refractivity contribution in [1.82, 2.24) is 5.32 Å². The summed E-state index contributed by atoms with van der Waals surface area (Å²) in [6, 6.07) is 12.3. The Morgan fingerprint density at radius 1 is 1.00 bits per heavy atom. The van der Waals surface area contributed by atoms with Gasteiger partial charge in [-0.1, -0.05) is 46.8 Å². The number of hydrogen-bond donors (Lipinski definition) is 2. The van der Waals surface area contributed by atoms with E-state index in [0.29, 0.717) is 35.3 Å². The van der Waals surface area contributed by atoms with Gasteiger partial charge in [0.05, 0.1) is 19.8 Å². The predicted molar refractivity (Wildman–Crippen MR) is 124 cm³/mol. The zero-order valence-electron chi connectivity index (χ0n) is 19.5. The van der Waals surface area contributed by atoms with E-state index >= 15 is 0 Å². The van der Waals surface area contributed by atoms with Crippen molar-refractivity contribution in [3.63, 3.8) is 0 Å². The Morgan fingerprint density at radius 3 is 2.32 bits per heavy atom. The summed E-state index contributed by atoms with van der Waals surface area (Å²) in [6.45, 7) is 12.2. The third-order valence-electron chi connectivity index (χ3n) is 4.67. The van der Waals surface area contributed by atoms with Gasteiger partial charge in [-0.2, -0.15) is 0 Å². The first kappa shape index (κ1) is 24.3. The number of carbonyl (C=O) groups is 2. The SMILES string of the molecule is COc1cc(C(C)NC(=O)c2cccc(NC(=O)C(C)(C)C)c2)ccc1OCC(C)C.